The van der Waals surface area contributed by atoms with Crippen LogP contribution in [0, 0.1) is 11.3 Å². The molecule has 0 atom stereocenters. The van der Waals surface area contributed by atoms with Crippen LogP contribution in [0.4, 0.5) is 11.6 Å². The van der Waals surface area contributed by atoms with Gasteiger partial charge in [0.1, 0.15) is 23.4 Å². The molecule has 0 spiro atoms. The zero-order valence-electron chi connectivity index (χ0n) is 15.5. The summed E-state index contributed by atoms with van der Waals surface area (Å²) < 4.78 is 11.8. The number of methoxy groups -OCH3 is 1. The molecule has 0 radical (unpaired) electrons. The van der Waals surface area contributed by atoms with E-state index in [1.165, 1.54) is 25.2 Å². The lowest BCUT2D eigenvalue weighted by molar-refractivity contribution is 0.210. The van der Waals surface area contributed by atoms with E-state index in [0.717, 1.165) is 29.8 Å². The van der Waals surface area contributed by atoms with Crippen LogP contribution in [0.25, 0.3) is 11.3 Å². The number of nitrogens with one attached hydrogen (secondary N) is 2. The number of H-pyrrole nitrogens is 1. The van der Waals surface area contributed by atoms with Crippen molar-refractivity contribution in [2.24, 2.45) is 0 Å². The van der Waals surface area contributed by atoms with E-state index in [9.17, 15) is 0 Å². The highest BCUT2D eigenvalue weighted by Gasteiger charge is 2.21. The summed E-state index contributed by atoms with van der Waals surface area (Å²) in [7, 11) is 1.64. The molecule has 0 aliphatic heterocycles. The molecule has 3 aromatic rings. The summed E-state index contributed by atoms with van der Waals surface area (Å²) in [5, 5.41) is 19.2. The molecule has 0 saturated heterocycles. The van der Waals surface area contributed by atoms with Crippen molar-refractivity contribution in [3.63, 3.8) is 0 Å². The van der Waals surface area contributed by atoms with Gasteiger partial charge in [0.15, 0.2) is 11.5 Å². The molecule has 28 heavy (non-hydrogen) atoms. The first-order valence-electron chi connectivity index (χ1n) is 9.15. The quantitative estimate of drug-likeness (QED) is 0.673. The van der Waals surface area contributed by atoms with Crippen molar-refractivity contribution in [1.82, 2.24) is 20.2 Å². The predicted octanol–water partition coefficient (Wildman–Crippen LogP) is 3.81. The van der Waals surface area contributed by atoms with Crippen LogP contribution in [0.5, 0.6) is 11.5 Å². The third kappa shape index (κ3) is 3.74. The highest BCUT2D eigenvalue weighted by molar-refractivity contribution is 5.76. The van der Waals surface area contributed by atoms with Crippen LogP contribution >= 0.6 is 0 Å². The van der Waals surface area contributed by atoms with Gasteiger partial charge in [-0.3, -0.25) is 5.10 Å². The van der Waals surface area contributed by atoms with E-state index in [4.69, 9.17) is 14.7 Å². The number of hydrogen-bond donors (Lipinski definition) is 2. The minimum Gasteiger partial charge on any atom is -0.496 e. The molecule has 4 rings (SSSR count). The zero-order valence-corrected chi connectivity index (χ0v) is 15.5. The molecule has 2 N–H and O–H groups in total. The second-order valence-corrected chi connectivity index (χ2v) is 6.55. The molecule has 0 bridgehead atoms. The van der Waals surface area contributed by atoms with Crippen molar-refractivity contribution in [1.29, 1.82) is 5.26 Å². The van der Waals surface area contributed by atoms with E-state index in [-0.39, 0.29) is 11.8 Å². The Kier molecular flexibility index (Phi) is 5.06. The SMILES string of the molecule is COc1cccc(OC2CCCC2)c1-c1cc(Nc2cnc(C#N)cn2)n[nH]1. The van der Waals surface area contributed by atoms with Gasteiger partial charge in [0.05, 0.1) is 36.9 Å². The normalized spacial score (nSPS) is 13.9. The lowest BCUT2D eigenvalue weighted by Gasteiger charge is -2.17. The molecule has 1 aliphatic rings. The first-order valence-corrected chi connectivity index (χ1v) is 9.15. The molecule has 2 heterocycles. The maximum Gasteiger partial charge on any atom is 0.158 e. The van der Waals surface area contributed by atoms with Crippen LogP contribution in [-0.2, 0) is 0 Å². The van der Waals surface area contributed by atoms with E-state index < -0.39 is 0 Å². The lowest BCUT2D eigenvalue weighted by Crippen LogP contribution is -2.11. The van der Waals surface area contributed by atoms with Crippen molar-refractivity contribution in [2.75, 3.05) is 12.4 Å². The highest BCUT2D eigenvalue weighted by atomic mass is 16.5. The summed E-state index contributed by atoms with van der Waals surface area (Å²) in [6, 6.07) is 9.58. The Labute approximate surface area is 162 Å². The van der Waals surface area contributed by atoms with Crippen molar-refractivity contribution in [3.05, 3.63) is 42.4 Å². The van der Waals surface area contributed by atoms with E-state index >= 15 is 0 Å². The van der Waals surface area contributed by atoms with Gasteiger partial charge in [-0.05, 0) is 37.8 Å². The van der Waals surface area contributed by atoms with Crippen LogP contribution in [0.2, 0.25) is 0 Å². The summed E-state index contributed by atoms with van der Waals surface area (Å²) in [4.78, 5) is 8.14. The topological polar surface area (TPSA) is 109 Å². The van der Waals surface area contributed by atoms with Gasteiger partial charge in [0.2, 0.25) is 0 Å². The monoisotopic (exact) mass is 376 g/mol. The standard InChI is InChI=1S/C20H20N6O2/c1-27-16-7-4-8-17(28-14-5-2-3-6-14)20(16)15-9-18(26-25-15)24-19-12-22-13(10-21)11-23-19/h4,7-9,11-12,14H,2-3,5-6H2,1H3,(H2,23,24,25,26). The number of anilines is 2. The Bertz CT molecular complexity index is 987. The average Bonchev–Trinajstić information content (AvgIpc) is 3.40. The molecule has 0 unspecified atom stereocenters. The number of benzene rings is 1. The first kappa shape index (κ1) is 17.8. The molecule has 1 saturated carbocycles. The lowest BCUT2D eigenvalue weighted by atomic mass is 10.1. The fraction of sp³-hybridized carbons (Fsp3) is 0.300. The minimum absolute atomic E-state index is 0.236. The van der Waals surface area contributed by atoms with Gasteiger partial charge in [0, 0.05) is 6.07 Å². The van der Waals surface area contributed by atoms with E-state index in [2.05, 4.69) is 25.5 Å². The van der Waals surface area contributed by atoms with Gasteiger partial charge in [-0.15, -0.1) is 0 Å². The minimum atomic E-state index is 0.236. The fourth-order valence-electron chi connectivity index (χ4n) is 3.33. The van der Waals surface area contributed by atoms with E-state index in [1.54, 1.807) is 7.11 Å². The molecule has 1 fully saturated rings. The Balaban J connectivity index is 1.60. The summed E-state index contributed by atoms with van der Waals surface area (Å²) in [5.74, 6) is 2.56. The van der Waals surface area contributed by atoms with Crippen molar-refractivity contribution in [3.8, 4) is 28.8 Å². The molecule has 142 valence electrons. The molecule has 1 aromatic carbocycles. The summed E-state index contributed by atoms with van der Waals surface area (Å²) in [6.45, 7) is 0. The van der Waals surface area contributed by atoms with Gasteiger partial charge in [-0.1, -0.05) is 6.07 Å². The number of aromatic nitrogens is 4. The maximum absolute atomic E-state index is 8.81. The molecular weight excluding hydrogens is 356 g/mol. The number of hydrogen-bond acceptors (Lipinski definition) is 7. The number of aromatic amines is 1. The molecular formula is C20H20N6O2. The van der Waals surface area contributed by atoms with E-state index in [0.29, 0.717) is 17.4 Å². The number of nitrogens with zero attached hydrogens (tertiary/aromatic N) is 4. The second-order valence-electron chi connectivity index (χ2n) is 6.55. The van der Waals surface area contributed by atoms with Crippen molar-refractivity contribution in [2.45, 2.75) is 31.8 Å². The Hall–Kier alpha value is -3.60. The number of ether oxygens (including phenoxy) is 2. The third-order valence-corrected chi connectivity index (χ3v) is 4.67. The van der Waals surface area contributed by atoms with Crippen LogP contribution in [0.15, 0.2) is 36.7 Å². The van der Waals surface area contributed by atoms with Crippen LogP contribution < -0.4 is 14.8 Å². The van der Waals surface area contributed by atoms with Crippen LogP contribution in [0.3, 0.4) is 0 Å². The Morgan fingerprint density at radius 1 is 1.14 bits per heavy atom. The highest BCUT2D eigenvalue weighted by Crippen LogP contribution is 2.39. The first-order chi connectivity index (χ1) is 13.8. The zero-order chi connectivity index (χ0) is 19.3. The summed E-state index contributed by atoms with van der Waals surface area (Å²) >= 11 is 0. The largest absolute Gasteiger partial charge is 0.496 e. The number of nitriles is 1. The van der Waals surface area contributed by atoms with Crippen molar-refractivity contribution < 1.29 is 9.47 Å². The summed E-state index contributed by atoms with van der Waals surface area (Å²) in [5.41, 5.74) is 1.87. The van der Waals surface area contributed by atoms with Gasteiger partial charge >= 0.3 is 0 Å². The third-order valence-electron chi connectivity index (χ3n) is 4.67. The molecule has 8 nitrogen and oxygen atoms in total. The van der Waals surface area contributed by atoms with E-state index in [1.807, 2.05) is 30.3 Å². The number of rotatable bonds is 6. The molecule has 2 aromatic heterocycles. The smallest absolute Gasteiger partial charge is 0.158 e. The van der Waals surface area contributed by atoms with Gasteiger partial charge in [-0.25, -0.2) is 9.97 Å². The molecule has 1 aliphatic carbocycles. The van der Waals surface area contributed by atoms with Crippen LogP contribution in [-0.4, -0.2) is 33.4 Å². The molecule has 0 amide bonds. The van der Waals surface area contributed by atoms with Crippen LogP contribution in [0.1, 0.15) is 31.4 Å². The van der Waals surface area contributed by atoms with Gasteiger partial charge < -0.3 is 14.8 Å². The second kappa shape index (κ2) is 7.96. The summed E-state index contributed by atoms with van der Waals surface area (Å²) in [6.07, 6.45) is 7.68. The van der Waals surface area contributed by atoms with Crippen molar-refractivity contribution >= 4 is 11.6 Å². The molecule has 8 heteroatoms. The maximum atomic E-state index is 8.81. The predicted molar refractivity (Wildman–Crippen MR) is 103 cm³/mol. The Morgan fingerprint density at radius 2 is 1.96 bits per heavy atom. The van der Waals surface area contributed by atoms with Gasteiger partial charge in [-0.2, -0.15) is 10.4 Å². The van der Waals surface area contributed by atoms with Gasteiger partial charge in [0.25, 0.3) is 0 Å². The average molecular weight is 376 g/mol. The Morgan fingerprint density at radius 3 is 2.68 bits per heavy atom. The fourth-order valence-corrected chi connectivity index (χ4v) is 3.33.